The average molecular weight is 293 g/mol. The number of benzene rings is 1. The lowest BCUT2D eigenvalue weighted by Crippen LogP contribution is -2.45. The molecule has 0 bridgehead atoms. The van der Waals surface area contributed by atoms with Gasteiger partial charge in [0.25, 0.3) is 0 Å². The molecule has 1 aliphatic rings. The molecule has 1 saturated heterocycles. The van der Waals surface area contributed by atoms with E-state index in [9.17, 15) is 8.78 Å². The molecule has 0 unspecified atom stereocenters. The van der Waals surface area contributed by atoms with Gasteiger partial charge in [-0.25, -0.2) is 8.78 Å². The monoisotopic (exact) mass is 292 g/mol. The van der Waals surface area contributed by atoms with E-state index in [0.717, 1.165) is 26.2 Å². The molecule has 0 spiro atoms. The van der Waals surface area contributed by atoms with Crippen LogP contribution < -0.4 is 10.1 Å². The molecule has 108 valence electrons. The Hall–Kier alpha value is -0.910. The number of para-hydroxylation sites is 1. The molecule has 1 fully saturated rings. The van der Waals surface area contributed by atoms with Crippen LogP contribution in [-0.4, -0.2) is 44.9 Å². The maximum absolute atomic E-state index is 13.6. The zero-order valence-corrected chi connectivity index (χ0v) is 11.7. The highest BCUT2D eigenvalue weighted by Gasteiger charge is 2.25. The maximum Gasteiger partial charge on any atom is 0.165 e. The summed E-state index contributed by atoms with van der Waals surface area (Å²) < 4.78 is 32.0. The molecule has 0 amide bonds. The van der Waals surface area contributed by atoms with Crippen LogP contribution in [0.5, 0.6) is 5.75 Å². The molecule has 3 nitrogen and oxygen atoms in total. The summed E-state index contributed by atoms with van der Waals surface area (Å²) in [5.41, 5.74) is 0.585. The summed E-state index contributed by atoms with van der Waals surface area (Å²) in [5.74, 6) is -0.290. The molecule has 6 heteroatoms. The number of rotatable bonds is 4. The van der Waals surface area contributed by atoms with Gasteiger partial charge in [-0.3, -0.25) is 4.90 Å². The van der Waals surface area contributed by atoms with E-state index in [1.54, 1.807) is 12.1 Å². The van der Waals surface area contributed by atoms with Crippen LogP contribution in [0.1, 0.15) is 11.6 Å². The summed E-state index contributed by atoms with van der Waals surface area (Å²) in [4.78, 5) is 2.02. The summed E-state index contributed by atoms with van der Waals surface area (Å²) in [7, 11) is 1.41. The maximum atomic E-state index is 13.6. The number of nitrogens with zero attached hydrogens (tertiary/aromatic N) is 1. The lowest BCUT2D eigenvalue weighted by atomic mass is 10.0. The van der Waals surface area contributed by atoms with Crippen LogP contribution in [0, 0.1) is 5.82 Å². The Balaban J connectivity index is 0.00000180. The van der Waals surface area contributed by atoms with E-state index < -0.39 is 18.5 Å². The number of hydrogen-bond acceptors (Lipinski definition) is 3. The first kappa shape index (κ1) is 16.1. The predicted octanol–water partition coefficient (Wildman–Crippen LogP) is 2.17. The fraction of sp³-hybridized carbons (Fsp3) is 0.538. The van der Waals surface area contributed by atoms with Gasteiger partial charge in [-0.05, 0) is 6.07 Å². The molecule has 1 N–H and O–H groups in total. The number of halogens is 3. The lowest BCUT2D eigenvalue weighted by molar-refractivity contribution is 0.144. The fourth-order valence-electron chi connectivity index (χ4n) is 2.37. The van der Waals surface area contributed by atoms with Crippen LogP contribution >= 0.6 is 12.4 Å². The molecule has 1 atom stereocenters. The Morgan fingerprint density at radius 3 is 2.63 bits per heavy atom. The van der Waals surface area contributed by atoms with Crippen LogP contribution in [0.3, 0.4) is 0 Å². The first-order chi connectivity index (χ1) is 8.77. The second-order valence-electron chi connectivity index (χ2n) is 4.32. The van der Waals surface area contributed by atoms with Crippen LogP contribution in [0.4, 0.5) is 8.78 Å². The third-order valence-electron chi connectivity index (χ3n) is 3.30. The Bertz CT molecular complexity index is 400. The highest BCUT2D eigenvalue weighted by atomic mass is 35.5. The zero-order valence-electron chi connectivity index (χ0n) is 10.9. The van der Waals surface area contributed by atoms with Gasteiger partial charge in [0.2, 0.25) is 0 Å². The van der Waals surface area contributed by atoms with Gasteiger partial charge in [0, 0.05) is 31.7 Å². The van der Waals surface area contributed by atoms with Crippen molar-refractivity contribution in [3.05, 3.63) is 29.6 Å². The minimum absolute atomic E-state index is 0. The molecule has 1 aromatic carbocycles. The molecule has 0 aliphatic carbocycles. The van der Waals surface area contributed by atoms with Crippen molar-refractivity contribution in [2.75, 3.05) is 40.0 Å². The van der Waals surface area contributed by atoms with E-state index in [-0.39, 0.29) is 18.2 Å². The van der Waals surface area contributed by atoms with Crippen LogP contribution in [-0.2, 0) is 0 Å². The zero-order chi connectivity index (χ0) is 13.0. The number of piperazine rings is 1. The Labute approximate surface area is 118 Å². The van der Waals surface area contributed by atoms with Gasteiger partial charge in [0.1, 0.15) is 6.67 Å². The van der Waals surface area contributed by atoms with Gasteiger partial charge in [-0.15, -0.1) is 12.4 Å². The van der Waals surface area contributed by atoms with Crippen molar-refractivity contribution in [1.29, 1.82) is 0 Å². The van der Waals surface area contributed by atoms with E-state index in [2.05, 4.69) is 5.32 Å². The van der Waals surface area contributed by atoms with Crippen molar-refractivity contribution in [2.45, 2.75) is 6.04 Å². The largest absolute Gasteiger partial charge is 0.493 e. The van der Waals surface area contributed by atoms with E-state index in [1.165, 1.54) is 13.2 Å². The lowest BCUT2D eigenvalue weighted by Gasteiger charge is -2.34. The molecule has 1 aliphatic heterocycles. The number of alkyl halides is 1. The molecule has 2 rings (SSSR count). The Kier molecular flexibility index (Phi) is 6.48. The quantitative estimate of drug-likeness (QED) is 0.920. The van der Waals surface area contributed by atoms with Crippen LogP contribution in [0.2, 0.25) is 0 Å². The topological polar surface area (TPSA) is 24.5 Å². The highest BCUT2D eigenvalue weighted by molar-refractivity contribution is 5.85. The molecule has 1 heterocycles. The van der Waals surface area contributed by atoms with Crippen molar-refractivity contribution >= 4 is 12.4 Å². The SMILES string of the molecule is COc1c(F)cccc1[C@@H](CF)N1CCNCC1.Cl. The minimum Gasteiger partial charge on any atom is -0.493 e. The third-order valence-corrected chi connectivity index (χ3v) is 3.30. The van der Waals surface area contributed by atoms with E-state index >= 15 is 0 Å². The van der Waals surface area contributed by atoms with Crippen molar-refractivity contribution in [1.82, 2.24) is 10.2 Å². The van der Waals surface area contributed by atoms with Gasteiger partial charge in [0.05, 0.1) is 13.2 Å². The van der Waals surface area contributed by atoms with Gasteiger partial charge in [0.15, 0.2) is 11.6 Å². The van der Waals surface area contributed by atoms with Gasteiger partial charge in [-0.1, -0.05) is 12.1 Å². The fourth-order valence-corrected chi connectivity index (χ4v) is 2.37. The molecule has 0 aromatic heterocycles. The number of ether oxygens (including phenoxy) is 1. The number of methoxy groups -OCH3 is 1. The predicted molar refractivity (Wildman–Crippen MR) is 73.4 cm³/mol. The first-order valence-corrected chi connectivity index (χ1v) is 6.11. The molecule has 0 radical (unpaired) electrons. The normalized spacial score (nSPS) is 17.6. The Morgan fingerprint density at radius 2 is 2.05 bits per heavy atom. The smallest absolute Gasteiger partial charge is 0.165 e. The summed E-state index contributed by atoms with van der Waals surface area (Å²) in [5, 5.41) is 3.22. The molecular formula is C13H19ClF2N2O. The van der Waals surface area contributed by atoms with E-state index in [1.807, 2.05) is 4.90 Å². The van der Waals surface area contributed by atoms with Crippen LogP contribution in [0.25, 0.3) is 0 Å². The van der Waals surface area contributed by atoms with Crippen LogP contribution in [0.15, 0.2) is 18.2 Å². The number of hydrogen-bond donors (Lipinski definition) is 1. The van der Waals surface area contributed by atoms with Gasteiger partial charge < -0.3 is 10.1 Å². The number of nitrogens with one attached hydrogen (secondary N) is 1. The second kappa shape index (κ2) is 7.62. The first-order valence-electron chi connectivity index (χ1n) is 6.11. The van der Waals surface area contributed by atoms with Crippen molar-refractivity contribution in [2.24, 2.45) is 0 Å². The highest BCUT2D eigenvalue weighted by Crippen LogP contribution is 2.32. The van der Waals surface area contributed by atoms with Gasteiger partial charge >= 0.3 is 0 Å². The van der Waals surface area contributed by atoms with Crippen molar-refractivity contribution in [3.63, 3.8) is 0 Å². The minimum atomic E-state index is -0.542. The summed E-state index contributed by atoms with van der Waals surface area (Å²) in [6.07, 6.45) is 0. The second-order valence-corrected chi connectivity index (χ2v) is 4.32. The summed E-state index contributed by atoms with van der Waals surface area (Å²) in [6, 6.07) is 4.22. The average Bonchev–Trinajstić information content (AvgIpc) is 2.41. The molecular weight excluding hydrogens is 274 g/mol. The third kappa shape index (κ3) is 3.55. The van der Waals surface area contributed by atoms with E-state index in [4.69, 9.17) is 4.74 Å². The van der Waals surface area contributed by atoms with Crippen molar-refractivity contribution in [3.8, 4) is 5.75 Å². The van der Waals surface area contributed by atoms with Gasteiger partial charge in [-0.2, -0.15) is 0 Å². The standard InChI is InChI=1S/C13H18F2N2O.ClH/c1-18-13-10(3-2-4-11(13)15)12(9-14)17-7-5-16-6-8-17;/h2-4,12,16H,5-9H2,1H3;1H/t12-;/m1./s1. The molecule has 19 heavy (non-hydrogen) atoms. The van der Waals surface area contributed by atoms with Crippen molar-refractivity contribution < 1.29 is 13.5 Å². The molecule has 1 aromatic rings. The Morgan fingerprint density at radius 1 is 1.37 bits per heavy atom. The molecule has 0 saturated carbocycles. The summed E-state index contributed by atoms with van der Waals surface area (Å²) >= 11 is 0. The summed E-state index contributed by atoms with van der Waals surface area (Å²) in [6.45, 7) is 2.63. The van der Waals surface area contributed by atoms with E-state index in [0.29, 0.717) is 5.56 Å².